The highest BCUT2D eigenvalue weighted by Gasteiger charge is 2.27. The molecule has 0 spiro atoms. The molecule has 0 bridgehead atoms. The van der Waals surface area contributed by atoms with Crippen molar-refractivity contribution in [2.24, 2.45) is 11.8 Å². The van der Waals surface area contributed by atoms with E-state index in [2.05, 4.69) is 10.3 Å². The third-order valence-corrected chi connectivity index (χ3v) is 5.65. The van der Waals surface area contributed by atoms with E-state index < -0.39 is 24.0 Å². The molecular formula is C21H35N3O4. The van der Waals surface area contributed by atoms with Gasteiger partial charge >= 0.3 is 11.9 Å². The van der Waals surface area contributed by atoms with Gasteiger partial charge in [-0.2, -0.15) is 0 Å². The lowest BCUT2D eigenvalue weighted by Crippen LogP contribution is -2.49. The first kappa shape index (κ1) is 22.4. The number of hydrogen-bond donors (Lipinski definition) is 3. The Kier molecular flexibility index (Phi) is 8.96. The number of aryl methyl sites for hydroxylation is 1. The molecular weight excluding hydrogens is 358 g/mol. The zero-order valence-electron chi connectivity index (χ0n) is 17.1. The standard InChI is InChI=1S/C21H35N3O4/c1-15(2)11-18(20(25)26)23-19(21(27)28)12-17-13-22-14-24(17)10-6-9-16-7-4-3-5-8-16/h13-16,18-19,23H,3-12H2,1-2H3,(H,25,26)(H,27,28)/t18-,19-/m0/s1. The Hall–Kier alpha value is -1.89. The van der Waals surface area contributed by atoms with E-state index in [4.69, 9.17) is 0 Å². The highest BCUT2D eigenvalue weighted by atomic mass is 16.4. The molecule has 1 aliphatic rings. The summed E-state index contributed by atoms with van der Waals surface area (Å²) >= 11 is 0. The van der Waals surface area contributed by atoms with Crippen LogP contribution in [-0.4, -0.2) is 43.8 Å². The van der Waals surface area contributed by atoms with E-state index >= 15 is 0 Å². The number of nitrogens with one attached hydrogen (secondary N) is 1. The number of imidazole rings is 1. The third-order valence-electron chi connectivity index (χ3n) is 5.65. The van der Waals surface area contributed by atoms with E-state index in [-0.39, 0.29) is 12.3 Å². The van der Waals surface area contributed by atoms with Crippen LogP contribution in [0.25, 0.3) is 0 Å². The Morgan fingerprint density at radius 3 is 2.46 bits per heavy atom. The summed E-state index contributed by atoms with van der Waals surface area (Å²) in [6, 6.07) is -1.82. The molecule has 1 fully saturated rings. The predicted molar refractivity (Wildman–Crippen MR) is 107 cm³/mol. The molecule has 7 nitrogen and oxygen atoms in total. The van der Waals surface area contributed by atoms with Gasteiger partial charge < -0.3 is 14.8 Å². The van der Waals surface area contributed by atoms with Gasteiger partial charge in [0.15, 0.2) is 0 Å². The minimum Gasteiger partial charge on any atom is -0.480 e. The average molecular weight is 394 g/mol. The Morgan fingerprint density at radius 1 is 1.18 bits per heavy atom. The molecule has 3 N–H and O–H groups in total. The number of carbonyl (C=O) groups is 2. The Morgan fingerprint density at radius 2 is 1.86 bits per heavy atom. The number of carboxylic acid groups (broad SMARTS) is 2. The molecule has 0 unspecified atom stereocenters. The maximum atomic E-state index is 11.7. The van der Waals surface area contributed by atoms with Crippen LogP contribution >= 0.6 is 0 Å². The second-order valence-corrected chi connectivity index (χ2v) is 8.51. The molecule has 0 aromatic carbocycles. The van der Waals surface area contributed by atoms with Gasteiger partial charge in [-0.05, 0) is 31.1 Å². The van der Waals surface area contributed by atoms with Crippen LogP contribution in [0.15, 0.2) is 12.5 Å². The first-order valence-electron chi connectivity index (χ1n) is 10.6. The molecule has 0 aliphatic heterocycles. The minimum absolute atomic E-state index is 0.161. The summed E-state index contributed by atoms with van der Waals surface area (Å²) in [5.74, 6) is -1.07. The van der Waals surface area contributed by atoms with Crippen LogP contribution in [0, 0.1) is 11.8 Å². The maximum Gasteiger partial charge on any atom is 0.321 e. The Bertz CT molecular complexity index is 623. The lowest BCUT2D eigenvalue weighted by atomic mass is 9.86. The number of aromatic nitrogens is 2. The summed E-state index contributed by atoms with van der Waals surface area (Å²) in [5.41, 5.74) is 0.831. The molecule has 1 aromatic rings. The predicted octanol–water partition coefficient (Wildman–Crippen LogP) is 3.33. The van der Waals surface area contributed by atoms with Gasteiger partial charge in [0, 0.05) is 24.9 Å². The van der Waals surface area contributed by atoms with Crippen molar-refractivity contribution in [3.05, 3.63) is 18.2 Å². The van der Waals surface area contributed by atoms with Crippen LogP contribution in [0.3, 0.4) is 0 Å². The smallest absolute Gasteiger partial charge is 0.321 e. The molecule has 158 valence electrons. The lowest BCUT2D eigenvalue weighted by molar-refractivity contribution is -0.142. The Labute approximate surface area is 167 Å². The fourth-order valence-corrected chi connectivity index (χ4v) is 4.13. The molecule has 0 radical (unpaired) electrons. The topological polar surface area (TPSA) is 104 Å². The first-order chi connectivity index (χ1) is 13.4. The van der Waals surface area contributed by atoms with Gasteiger partial charge in [-0.25, -0.2) is 4.98 Å². The van der Waals surface area contributed by atoms with E-state index in [1.54, 1.807) is 12.5 Å². The van der Waals surface area contributed by atoms with Gasteiger partial charge in [-0.1, -0.05) is 46.0 Å². The van der Waals surface area contributed by atoms with Gasteiger partial charge in [0.05, 0.1) is 6.33 Å². The van der Waals surface area contributed by atoms with Crippen LogP contribution in [0.2, 0.25) is 0 Å². The zero-order valence-corrected chi connectivity index (χ0v) is 17.1. The lowest BCUT2D eigenvalue weighted by Gasteiger charge is -2.23. The largest absolute Gasteiger partial charge is 0.480 e. The number of aliphatic carboxylic acids is 2. The maximum absolute atomic E-state index is 11.7. The summed E-state index contributed by atoms with van der Waals surface area (Å²) < 4.78 is 2.01. The summed E-state index contributed by atoms with van der Waals surface area (Å²) in [7, 11) is 0. The van der Waals surface area contributed by atoms with E-state index in [1.165, 1.54) is 38.5 Å². The number of nitrogens with zero attached hydrogens (tertiary/aromatic N) is 2. The molecule has 0 amide bonds. The second-order valence-electron chi connectivity index (χ2n) is 8.51. The number of hydrogen-bond acceptors (Lipinski definition) is 4. The van der Waals surface area contributed by atoms with E-state index in [1.807, 2.05) is 18.4 Å². The van der Waals surface area contributed by atoms with Crippen molar-refractivity contribution in [2.45, 2.75) is 90.3 Å². The van der Waals surface area contributed by atoms with Crippen LogP contribution < -0.4 is 5.32 Å². The summed E-state index contributed by atoms with van der Waals surface area (Å²) in [6.45, 7) is 4.68. The summed E-state index contributed by atoms with van der Waals surface area (Å²) in [6.07, 6.45) is 13.0. The molecule has 28 heavy (non-hydrogen) atoms. The van der Waals surface area contributed by atoms with Crippen molar-refractivity contribution in [1.29, 1.82) is 0 Å². The molecule has 1 heterocycles. The zero-order chi connectivity index (χ0) is 20.5. The third kappa shape index (κ3) is 7.26. The number of carboxylic acids is 2. The van der Waals surface area contributed by atoms with Gasteiger partial charge in [0.25, 0.3) is 0 Å². The highest BCUT2D eigenvalue weighted by Crippen LogP contribution is 2.27. The number of rotatable bonds is 12. The normalized spacial score (nSPS) is 17.5. The molecule has 1 aromatic heterocycles. The van der Waals surface area contributed by atoms with Gasteiger partial charge in [-0.3, -0.25) is 14.9 Å². The van der Waals surface area contributed by atoms with Crippen LogP contribution in [0.4, 0.5) is 0 Å². The fraction of sp³-hybridized carbons (Fsp3) is 0.762. The first-order valence-corrected chi connectivity index (χ1v) is 10.6. The Balaban J connectivity index is 1.92. The van der Waals surface area contributed by atoms with Gasteiger partial charge in [-0.15, -0.1) is 0 Å². The van der Waals surface area contributed by atoms with Gasteiger partial charge in [0.1, 0.15) is 12.1 Å². The van der Waals surface area contributed by atoms with Crippen molar-refractivity contribution < 1.29 is 19.8 Å². The van der Waals surface area contributed by atoms with E-state index in [9.17, 15) is 19.8 Å². The summed E-state index contributed by atoms with van der Waals surface area (Å²) in [5, 5.41) is 21.8. The fourth-order valence-electron chi connectivity index (χ4n) is 4.13. The van der Waals surface area contributed by atoms with E-state index in [0.29, 0.717) is 6.42 Å². The van der Waals surface area contributed by atoms with Crippen molar-refractivity contribution in [1.82, 2.24) is 14.9 Å². The van der Waals surface area contributed by atoms with Crippen molar-refractivity contribution in [3.63, 3.8) is 0 Å². The minimum atomic E-state index is -1.04. The molecule has 0 saturated heterocycles. The monoisotopic (exact) mass is 393 g/mol. The second kappa shape index (κ2) is 11.2. The van der Waals surface area contributed by atoms with E-state index in [0.717, 1.165) is 24.6 Å². The molecule has 7 heteroatoms. The molecule has 1 aliphatic carbocycles. The average Bonchev–Trinajstić information content (AvgIpc) is 3.08. The van der Waals surface area contributed by atoms with Crippen molar-refractivity contribution >= 4 is 11.9 Å². The van der Waals surface area contributed by atoms with Crippen LogP contribution in [-0.2, 0) is 22.6 Å². The molecule has 1 saturated carbocycles. The van der Waals surface area contributed by atoms with Crippen LogP contribution in [0.1, 0.15) is 70.9 Å². The molecule has 2 rings (SSSR count). The summed E-state index contributed by atoms with van der Waals surface area (Å²) in [4.78, 5) is 27.4. The van der Waals surface area contributed by atoms with Gasteiger partial charge in [0.2, 0.25) is 0 Å². The molecule has 2 atom stereocenters. The quantitative estimate of drug-likeness (QED) is 0.503. The SMILES string of the molecule is CC(C)C[C@H](N[C@@H](Cc1cncn1CCCC1CCCCC1)C(=O)O)C(=O)O. The van der Waals surface area contributed by atoms with Crippen LogP contribution in [0.5, 0.6) is 0 Å². The highest BCUT2D eigenvalue weighted by molar-refractivity contribution is 5.77. The van der Waals surface area contributed by atoms with Crippen molar-refractivity contribution in [3.8, 4) is 0 Å². The van der Waals surface area contributed by atoms with Crippen molar-refractivity contribution in [2.75, 3.05) is 0 Å².